The van der Waals surface area contributed by atoms with E-state index < -0.39 is 5.24 Å². The molecule has 0 saturated heterocycles. The summed E-state index contributed by atoms with van der Waals surface area (Å²) < 4.78 is 5.36. The Morgan fingerprint density at radius 1 is 1.43 bits per heavy atom. The lowest BCUT2D eigenvalue weighted by Gasteiger charge is -2.03. The molecule has 1 aromatic carbocycles. The average Bonchev–Trinajstić information content (AvgIpc) is 2.19. The Balaban J connectivity index is 2.55. The van der Waals surface area contributed by atoms with E-state index in [2.05, 4.69) is 6.58 Å². The predicted octanol–water partition coefficient (Wildman–Crippen LogP) is 3.02. The van der Waals surface area contributed by atoms with Crippen LogP contribution in [-0.2, 0) is 0 Å². The number of rotatable bonds is 5. The van der Waals surface area contributed by atoms with Gasteiger partial charge in [-0.1, -0.05) is 6.08 Å². The molecular weight excluding hydrogens is 200 g/mol. The molecule has 1 aromatic rings. The zero-order valence-electron chi connectivity index (χ0n) is 7.70. The lowest BCUT2D eigenvalue weighted by molar-refractivity contribution is 0.108. The molecule has 0 radical (unpaired) electrons. The third kappa shape index (κ3) is 3.23. The lowest BCUT2D eigenvalue weighted by Crippen LogP contribution is -1.96. The van der Waals surface area contributed by atoms with Crippen molar-refractivity contribution in [3.63, 3.8) is 0 Å². The Labute approximate surface area is 88.1 Å². The molecule has 0 N–H and O–H groups in total. The number of carbonyl (C=O) groups excluding carboxylic acids is 1. The Kier molecular flexibility index (Phi) is 4.20. The van der Waals surface area contributed by atoms with Crippen LogP contribution in [0.5, 0.6) is 5.75 Å². The Bertz CT molecular complexity index is 317. The molecule has 1 rings (SSSR count). The first-order valence-electron chi connectivity index (χ1n) is 4.27. The topological polar surface area (TPSA) is 26.3 Å². The van der Waals surface area contributed by atoms with Crippen LogP contribution in [0.3, 0.4) is 0 Å². The summed E-state index contributed by atoms with van der Waals surface area (Å²) in [7, 11) is 0. The molecule has 0 aliphatic rings. The van der Waals surface area contributed by atoms with Crippen LogP contribution in [0.1, 0.15) is 16.8 Å². The van der Waals surface area contributed by atoms with Gasteiger partial charge in [0.1, 0.15) is 5.75 Å². The fourth-order valence-electron chi connectivity index (χ4n) is 0.942. The lowest BCUT2D eigenvalue weighted by atomic mass is 10.2. The van der Waals surface area contributed by atoms with Gasteiger partial charge in [-0.05, 0) is 42.3 Å². The highest BCUT2D eigenvalue weighted by molar-refractivity contribution is 6.67. The first kappa shape index (κ1) is 10.8. The van der Waals surface area contributed by atoms with Crippen molar-refractivity contribution in [2.45, 2.75) is 6.42 Å². The summed E-state index contributed by atoms with van der Waals surface area (Å²) in [4.78, 5) is 10.7. The number of hydrogen-bond donors (Lipinski definition) is 0. The Hall–Kier alpha value is -1.28. The van der Waals surface area contributed by atoms with Crippen LogP contribution in [0.4, 0.5) is 0 Å². The zero-order chi connectivity index (χ0) is 10.4. The first-order valence-corrected chi connectivity index (χ1v) is 4.65. The molecule has 0 unspecified atom stereocenters. The molecule has 0 bridgehead atoms. The van der Waals surface area contributed by atoms with E-state index in [1.807, 2.05) is 0 Å². The molecule has 0 atom stereocenters. The maximum atomic E-state index is 10.7. The van der Waals surface area contributed by atoms with Gasteiger partial charge in [-0.25, -0.2) is 0 Å². The molecule has 0 heterocycles. The van der Waals surface area contributed by atoms with Gasteiger partial charge in [0.25, 0.3) is 5.24 Å². The summed E-state index contributed by atoms with van der Waals surface area (Å²) in [6, 6.07) is 6.72. The number of ether oxygens (including phenoxy) is 1. The molecule has 0 aliphatic carbocycles. The van der Waals surface area contributed by atoms with Crippen molar-refractivity contribution >= 4 is 16.8 Å². The van der Waals surface area contributed by atoms with Crippen LogP contribution >= 0.6 is 11.6 Å². The fourth-order valence-corrected chi connectivity index (χ4v) is 1.07. The van der Waals surface area contributed by atoms with Crippen molar-refractivity contribution < 1.29 is 9.53 Å². The highest BCUT2D eigenvalue weighted by atomic mass is 35.5. The molecule has 0 fully saturated rings. The third-order valence-corrected chi connectivity index (χ3v) is 1.89. The monoisotopic (exact) mass is 210 g/mol. The molecule has 0 spiro atoms. The fraction of sp³-hybridized carbons (Fsp3) is 0.182. The largest absolute Gasteiger partial charge is 0.493 e. The van der Waals surface area contributed by atoms with Gasteiger partial charge in [0.05, 0.1) is 6.61 Å². The maximum absolute atomic E-state index is 10.7. The van der Waals surface area contributed by atoms with Gasteiger partial charge in [0, 0.05) is 5.56 Å². The molecule has 2 nitrogen and oxygen atoms in total. The number of benzene rings is 1. The highest BCUT2D eigenvalue weighted by Crippen LogP contribution is 2.13. The van der Waals surface area contributed by atoms with E-state index in [4.69, 9.17) is 16.3 Å². The van der Waals surface area contributed by atoms with Crippen LogP contribution in [-0.4, -0.2) is 11.8 Å². The Morgan fingerprint density at radius 3 is 2.57 bits per heavy atom. The molecule has 0 amide bonds. The summed E-state index contributed by atoms with van der Waals surface area (Å²) in [6.45, 7) is 4.18. The molecule has 0 saturated carbocycles. The van der Waals surface area contributed by atoms with Gasteiger partial charge >= 0.3 is 0 Å². The molecule has 0 aliphatic heterocycles. The summed E-state index contributed by atoms with van der Waals surface area (Å²) in [5.74, 6) is 0.730. The van der Waals surface area contributed by atoms with Crippen molar-refractivity contribution in [3.05, 3.63) is 42.5 Å². The van der Waals surface area contributed by atoms with E-state index in [0.29, 0.717) is 12.2 Å². The van der Waals surface area contributed by atoms with Crippen molar-refractivity contribution in [3.8, 4) is 5.75 Å². The van der Waals surface area contributed by atoms with Gasteiger partial charge in [-0.2, -0.15) is 0 Å². The van der Waals surface area contributed by atoms with E-state index in [-0.39, 0.29) is 0 Å². The molecule has 74 valence electrons. The number of carbonyl (C=O) groups is 1. The second kappa shape index (κ2) is 5.45. The smallest absolute Gasteiger partial charge is 0.252 e. The van der Waals surface area contributed by atoms with E-state index in [0.717, 1.165) is 12.2 Å². The number of hydrogen-bond acceptors (Lipinski definition) is 2. The minimum Gasteiger partial charge on any atom is -0.493 e. The van der Waals surface area contributed by atoms with Gasteiger partial charge in [-0.3, -0.25) is 4.79 Å². The van der Waals surface area contributed by atoms with Crippen LogP contribution in [0.2, 0.25) is 0 Å². The van der Waals surface area contributed by atoms with Crippen molar-refractivity contribution in [2.24, 2.45) is 0 Å². The van der Waals surface area contributed by atoms with Gasteiger partial charge in [0.15, 0.2) is 0 Å². The molecule has 3 heteroatoms. The molecule has 14 heavy (non-hydrogen) atoms. The average molecular weight is 211 g/mol. The SMILES string of the molecule is C=CCCOc1ccc(C(=O)Cl)cc1. The Morgan fingerprint density at radius 2 is 2.07 bits per heavy atom. The van der Waals surface area contributed by atoms with Crippen LogP contribution in [0.15, 0.2) is 36.9 Å². The quantitative estimate of drug-likeness (QED) is 0.424. The van der Waals surface area contributed by atoms with Crippen molar-refractivity contribution in [1.29, 1.82) is 0 Å². The minimum absolute atomic E-state index is 0.456. The summed E-state index contributed by atoms with van der Waals surface area (Å²) in [5.41, 5.74) is 0.475. The summed E-state index contributed by atoms with van der Waals surface area (Å²) in [6.07, 6.45) is 2.59. The zero-order valence-corrected chi connectivity index (χ0v) is 8.46. The number of halogens is 1. The van der Waals surface area contributed by atoms with Gasteiger partial charge in [0.2, 0.25) is 0 Å². The first-order chi connectivity index (χ1) is 6.74. The van der Waals surface area contributed by atoms with Gasteiger partial charge in [-0.15, -0.1) is 6.58 Å². The third-order valence-electron chi connectivity index (χ3n) is 1.67. The van der Waals surface area contributed by atoms with Crippen LogP contribution in [0, 0.1) is 0 Å². The van der Waals surface area contributed by atoms with E-state index in [9.17, 15) is 4.79 Å². The standard InChI is InChI=1S/C11H11ClO2/c1-2-3-8-14-10-6-4-9(5-7-10)11(12)13/h2,4-7H,1,3,8H2. The highest BCUT2D eigenvalue weighted by Gasteiger charge is 2.00. The van der Waals surface area contributed by atoms with Crippen molar-refractivity contribution in [1.82, 2.24) is 0 Å². The van der Waals surface area contributed by atoms with E-state index in [1.54, 1.807) is 30.3 Å². The summed E-state index contributed by atoms with van der Waals surface area (Å²) in [5, 5.41) is -0.456. The van der Waals surface area contributed by atoms with Crippen LogP contribution in [0.25, 0.3) is 0 Å². The minimum atomic E-state index is -0.456. The summed E-state index contributed by atoms with van der Waals surface area (Å²) >= 11 is 5.29. The molecule has 0 aromatic heterocycles. The second-order valence-electron chi connectivity index (χ2n) is 2.72. The van der Waals surface area contributed by atoms with Crippen LogP contribution < -0.4 is 4.74 Å². The maximum Gasteiger partial charge on any atom is 0.252 e. The van der Waals surface area contributed by atoms with Crippen molar-refractivity contribution in [2.75, 3.05) is 6.61 Å². The predicted molar refractivity (Wildman–Crippen MR) is 56.9 cm³/mol. The van der Waals surface area contributed by atoms with E-state index in [1.165, 1.54) is 0 Å². The van der Waals surface area contributed by atoms with E-state index >= 15 is 0 Å². The second-order valence-corrected chi connectivity index (χ2v) is 3.07. The van der Waals surface area contributed by atoms with Gasteiger partial charge < -0.3 is 4.74 Å². The normalized spacial score (nSPS) is 9.50. The molecular formula is C11H11ClO2.